The van der Waals surface area contributed by atoms with Crippen molar-refractivity contribution >= 4 is 21.6 Å². The molecular formula is C12H12ClN3O2S. The van der Waals surface area contributed by atoms with Crippen molar-refractivity contribution in [2.24, 2.45) is 0 Å². The van der Waals surface area contributed by atoms with E-state index in [-0.39, 0.29) is 11.4 Å². The minimum atomic E-state index is -3.59. The van der Waals surface area contributed by atoms with E-state index in [0.717, 1.165) is 5.69 Å². The zero-order valence-corrected chi connectivity index (χ0v) is 11.7. The second kappa shape index (κ2) is 5.64. The molecule has 0 saturated carbocycles. The molecule has 1 aromatic heterocycles. The molecule has 5 nitrogen and oxygen atoms in total. The molecule has 19 heavy (non-hydrogen) atoms. The van der Waals surface area contributed by atoms with Gasteiger partial charge in [0.1, 0.15) is 6.33 Å². The third-order valence-electron chi connectivity index (χ3n) is 2.41. The van der Waals surface area contributed by atoms with E-state index in [1.165, 1.54) is 18.5 Å². The molecule has 100 valence electrons. The zero-order valence-electron chi connectivity index (χ0n) is 10.2. The lowest BCUT2D eigenvalue weighted by Gasteiger charge is -2.06. The molecule has 2 aromatic rings. The highest BCUT2D eigenvalue weighted by Crippen LogP contribution is 2.15. The standard InChI is InChI=1S/C12H12ClN3O2S/c1-9-5-11(15-8-14-9)7-16-19(17,18)12-4-2-3-10(13)6-12/h2-6,8,16H,7H2,1H3. The SMILES string of the molecule is Cc1cc(CNS(=O)(=O)c2cccc(Cl)c2)ncn1. The number of rotatable bonds is 4. The lowest BCUT2D eigenvalue weighted by Crippen LogP contribution is -2.23. The number of nitrogens with one attached hydrogen (secondary N) is 1. The average Bonchev–Trinajstić information content (AvgIpc) is 2.37. The summed E-state index contributed by atoms with van der Waals surface area (Å²) in [4.78, 5) is 8.07. The van der Waals surface area contributed by atoms with Crippen LogP contribution in [0.2, 0.25) is 5.02 Å². The predicted octanol–water partition coefficient (Wildman–Crippen LogP) is 1.92. The van der Waals surface area contributed by atoms with Crippen LogP contribution in [-0.4, -0.2) is 18.4 Å². The van der Waals surface area contributed by atoms with Gasteiger partial charge in [-0.15, -0.1) is 0 Å². The van der Waals surface area contributed by atoms with Crippen LogP contribution >= 0.6 is 11.6 Å². The molecule has 1 N–H and O–H groups in total. The molecule has 0 aliphatic heterocycles. The molecule has 0 saturated heterocycles. The van der Waals surface area contributed by atoms with Gasteiger partial charge in [0.05, 0.1) is 17.1 Å². The van der Waals surface area contributed by atoms with Crippen molar-refractivity contribution in [3.05, 3.63) is 53.1 Å². The van der Waals surface area contributed by atoms with Crippen molar-refractivity contribution in [1.82, 2.24) is 14.7 Å². The fourth-order valence-electron chi connectivity index (χ4n) is 1.49. The Labute approximate surface area is 116 Å². The summed E-state index contributed by atoms with van der Waals surface area (Å²) >= 11 is 5.78. The van der Waals surface area contributed by atoms with E-state index in [0.29, 0.717) is 10.7 Å². The van der Waals surface area contributed by atoms with Gasteiger partial charge in [-0.05, 0) is 31.2 Å². The van der Waals surface area contributed by atoms with Crippen LogP contribution in [0, 0.1) is 6.92 Å². The Kier molecular flexibility index (Phi) is 4.14. The molecule has 1 aromatic carbocycles. The van der Waals surface area contributed by atoms with E-state index < -0.39 is 10.0 Å². The summed E-state index contributed by atoms with van der Waals surface area (Å²) in [5, 5.41) is 0.376. The molecule has 2 rings (SSSR count). The second-order valence-corrected chi connectivity index (χ2v) is 6.14. The Bertz CT molecular complexity index is 689. The van der Waals surface area contributed by atoms with Crippen LogP contribution in [0.4, 0.5) is 0 Å². The van der Waals surface area contributed by atoms with Gasteiger partial charge < -0.3 is 0 Å². The van der Waals surface area contributed by atoms with Crippen LogP contribution < -0.4 is 4.72 Å². The van der Waals surface area contributed by atoms with Crippen LogP contribution in [0.15, 0.2) is 41.6 Å². The quantitative estimate of drug-likeness (QED) is 0.936. The molecule has 0 amide bonds. The number of aromatic nitrogens is 2. The smallest absolute Gasteiger partial charge is 0.240 e. The predicted molar refractivity (Wildman–Crippen MR) is 72.2 cm³/mol. The fourth-order valence-corrected chi connectivity index (χ4v) is 2.79. The molecule has 0 bridgehead atoms. The third-order valence-corrected chi connectivity index (χ3v) is 4.04. The summed E-state index contributed by atoms with van der Waals surface area (Å²) in [6.45, 7) is 1.93. The number of hydrogen-bond donors (Lipinski definition) is 1. The van der Waals surface area contributed by atoms with Gasteiger partial charge in [0, 0.05) is 10.7 Å². The van der Waals surface area contributed by atoms with Crippen molar-refractivity contribution in [2.75, 3.05) is 0 Å². The maximum atomic E-state index is 12.0. The van der Waals surface area contributed by atoms with Crippen molar-refractivity contribution in [1.29, 1.82) is 0 Å². The summed E-state index contributed by atoms with van der Waals surface area (Å²) in [5.74, 6) is 0. The third kappa shape index (κ3) is 3.73. The lowest BCUT2D eigenvalue weighted by atomic mass is 10.3. The first-order chi connectivity index (χ1) is 8.97. The maximum Gasteiger partial charge on any atom is 0.240 e. The van der Waals surface area contributed by atoms with Crippen molar-refractivity contribution in [3.63, 3.8) is 0 Å². The van der Waals surface area contributed by atoms with Gasteiger partial charge >= 0.3 is 0 Å². The molecule has 0 radical (unpaired) electrons. The molecule has 7 heteroatoms. The van der Waals surface area contributed by atoms with Gasteiger partial charge in [-0.25, -0.2) is 23.1 Å². The van der Waals surface area contributed by atoms with Gasteiger partial charge in [-0.2, -0.15) is 0 Å². The summed E-state index contributed by atoms with van der Waals surface area (Å²) in [6.07, 6.45) is 1.40. The van der Waals surface area contributed by atoms with Crippen LogP contribution in [0.3, 0.4) is 0 Å². The van der Waals surface area contributed by atoms with Gasteiger partial charge in [-0.1, -0.05) is 17.7 Å². The van der Waals surface area contributed by atoms with Crippen LogP contribution in [0.1, 0.15) is 11.4 Å². The van der Waals surface area contributed by atoms with E-state index in [1.54, 1.807) is 18.2 Å². The molecule has 1 heterocycles. The molecule has 0 fully saturated rings. The number of aryl methyl sites for hydroxylation is 1. The minimum Gasteiger partial charge on any atom is -0.242 e. The van der Waals surface area contributed by atoms with E-state index in [9.17, 15) is 8.42 Å². The highest BCUT2D eigenvalue weighted by Gasteiger charge is 2.14. The number of halogens is 1. The molecular weight excluding hydrogens is 286 g/mol. The summed E-state index contributed by atoms with van der Waals surface area (Å²) in [7, 11) is -3.59. The van der Waals surface area contributed by atoms with Crippen molar-refractivity contribution in [2.45, 2.75) is 18.4 Å². The monoisotopic (exact) mass is 297 g/mol. The van der Waals surface area contributed by atoms with Crippen LogP contribution in [0.25, 0.3) is 0 Å². The first kappa shape index (κ1) is 13.9. The topological polar surface area (TPSA) is 72.0 Å². The van der Waals surface area contributed by atoms with Gasteiger partial charge in [0.15, 0.2) is 0 Å². The minimum absolute atomic E-state index is 0.109. The maximum absolute atomic E-state index is 12.0. The summed E-state index contributed by atoms with van der Waals surface area (Å²) in [6, 6.07) is 7.81. The van der Waals surface area contributed by atoms with Crippen molar-refractivity contribution < 1.29 is 8.42 Å². The highest BCUT2D eigenvalue weighted by molar-refractivity contribution is 7.89. The number of hydrogen-bond acceptors (Lipinski definition) is 4. The van der Waals surface area contributed by atoms with Gasteiger partial charge in [0.25, 0.3) is 0 Å². The summed E-state index contributed by atoms with van der Waals surface area (Å²) in [5.41, 5.74) is 1.39. The Morgan fingerprint density at radius 2 is 2.05 bits per heavy atom. The largest absolute Gasteiger partial charge is 0.242 e. The second-order valence-electron chi connectivity index (χ2n) is 3.93. The Morgan fingerprint density at radius 3 is 2.74 bits per heavy atom. The number of sulfonamides is 1. The highest BCUT2D eigenvalue weighted by atomic mass is 35.5. The zero-order chi connectivity index (χ0) is 13.9. The van der Waals surface area contributed by atoms with Crippen LogP contribution in [0.5, 0.6) is 0 Å². The van der Waals surface area contributed by atoms with E-state index in [2.05, 4.69) is 14.7 Å². The van der Waals surface area contributed by atoms with Crippen LogP contribution in [-0.2, 0) is 16.6 Å². The first-order valence-electron chi connectivity index (χ1n) is 5.50. The van der Waals surface area contributed by atoms with E-state index in [4.69, 9.17) is 11.6 Å². The Hall–Kier alpha value is -1.50. The molecule has 0 spiro atoms. The Balaban J connectivity index is 2.14. The fraction of sp³-hybridized carbons (Fsp3) is 0.167. The lowest BCUT2D eigenvalue weighted by molar-refractivity contribution is 0.580. The molecule has 0 aliphatic rings. The summed E-state index contributed by atoms with van der Waals surface area (Å²) < 4.78 is 26.5. The number of benzene rings is 1. The molecule has 0 atom stereocenters. The molecule has 0 aliphatic carbocycles. The van der Waals surface area contributed by atoms with E-state index >= 15 is 0 Å². The first-order valence-corrected chi connectivity index (χ1v) is 7.36. The normalized spacial score (nSPS) is 11.5. The average molecular weight is 298 g/mol. The van der Waals surface area contributed by atoms with Gasteiger partial charge in [0.2, 0.25) is 10.0 Å². The number of nitrogens with zero attached hydrogens (tertiary/aromatic N) is 2. The van der Waals surface area contributed by atoms with Crippen molar-refractivity contribution in [3.8, 4) is 0 Å². The van der Waals surface area contributed by atoms with E-state index in [1.807, 2.05) is 6.92 Å². The van der Waals surface area contributed by atoms with Gasteiger partial charge in [-0.3, -0.25) is 0 Å². The Morgan fingerprint density at radius 1 is 1.26 bits per heavy atom. The molecule has 0 unspecified atom stereocenters.